The Bertz CT molecular complexity index is 529. The molecule has 0 radical (unpaired) electrons. The van der Waals surface area contributed by atoms with Crippen LogP contribution in [-0.2, 0) is 11.2 Å². The lowest BCUT2D eigenvalue weighted by Gasteiger charge is -2.26. The van der Waals surface area contributed by atoms with Crippen molar-refractivity contribution in [3.8, 4) is 11.5 Å². The van der Waals surface area contributed by atoms with E-state index in [0.29, 0.717) is 38.7 Å². The third-order valence-corrected chi connectivity index (χ3v) is 3.92. The molecule has 1 aromatic carbocycles. The summed E-state index contributed by atoms with van der Waals surface area (Å²) in [6.45, 7) is 6.64. The summed E-state index contributed by atoms with van der Waals surface area (Å²) in [6.07, 6.45) is 0.806. The molecule has 1 saturated heterocycles. The van der Waals surface area contributed by atoms with Gasteiger partial charge in [-0.1, -0.05) is 6.92 Å². The molecule has 0 spiro atoms. The molecule has 6 heteroatoms. The number of fused-ring (bicyclic) bond motifs is 1. The lowest BCUT2D eigenvalue weighted by Crippen LogP contribution is -3.00. The number of halogens is 1. The topological polar surface area (TPSA) is 48.0 Å². The van der Waals surface area contributed by atoms with Gasteiger partial charge in [0.1, 0.15) is 13.2 Å². The predicted octanol–water partition coefficient (Wildman–Crippen LogP) is -1.46. The largest absolute Gasteiger partial charge is 1.00 e. The van der Waals surface area contributed by atoms with E-state index in [1.165, 1.54) is 0 Å². The zero-order valence-corrected chi connectivity index (χ0v) is 13.5. The molecule has 0 bridgehead atoms. The highest BCUT2D eigenvalue weighted by molar-refractivity contribution is 5.99. The molecular weight excluding hydrogens is 306 g/mol. The number of hydrogen-bond donors (Lipinski definition) is 0. The van der Waals surface area contributed by atoms with Gasteiger partial charge in [-0.15, -0.1) is 0 Å². The van der Waals surface area contributed by atoms with Gasteiger partial charge in [-0.3, -0.25) is 9.69 Å². The van der Waals surface area contributed by atoms with Crippen molar-refractivity contribution in [2.75, 3.05) is 46.1 Å². The van der Waals surface area contributed by atoms with Crippen LogP contribution in [0.15, 0.2) is 12.1 Å². The van der Waals surface area contributed by atoms with Crippen LogP contribution in [0, 0.1) is 0 Å². The monoisotopic (exact) mass is 326 g/mol. The van der Waals surface area contributed by atoms with Gasteiger partial charge in [0, 0.05) is 18.7 Å². The maximum atomic E-state index is 12.6. The second-order valence-corrected chi connectivity index (χ2v) is 5.32. The fraction of sp³-hybridized carbons (Fsp3) is 0.562. The summed E-state index contributed by atoms with van der Waals surface area (Å²) in [4.78, 5) is 14.7. The van der Waals surface area contributed by atoms with Gasteiger partial charge < -0.3 is 26.6 Å². The Balaban J connectivity index is 0.00000176. The number of hydrogen-bond acceptors (Lipinski definition) is 5. The second-order valence-electron chi connectivity index (χ2n) is 5.32. The van der Waals surface area contributed by atoms with Gasteiger partial charge in [0.15, 0.2) is 17.3 Å². The quantitative estimate of drug-likeness (QED) is 0.633. The van der Waals surface area contributed by atoms with E-state index in [-0.39, 0.29) is 18.2 Å². The smallest absolute Gasteiger partial charge is 0.177 e. The molecule has 2 aliphatic heterocycles. The van der Waals surface area contributed by atoms with Crippen molar-refractivity contribution in [3.05, 3.63) is 23.3 Å². The minimum atomic E-state index is 0. The number of aryl methyl sites for hydroxylation is 1. The highest BCUT2D eigenvalue weighted by atomic mass is 35.5. The first kappa shape index (κ1) is 17.1. The molecule has 0 saturated carbocycles. The van der Waals surface area contributed by atoms with Gasteiger partial charge >= 0.3 is 0 Å². The summed E-state index contributed by atoms with van der Waals surface area (Å²) in [6, 6.07) is 3.79. The molecule has 0 amide bonds. The van der Waals surface area contributed by atoms with Gasteiger partial charge in [-0.25, -0.2) is 0 Å². The lowest BCUT2D eigenvalue weighted by atomic mass is 9.99. The maximum Gasteiger partial charge on any atom is 0.177 e. The summed E-state index contributed by atoms with van der Waals surface area (Å²) in [5.74, 6) is 1.58. The number of carbonyl (C=O) groups excluding carboxylic acids is 1. The first-order valence-corrected chi connectivity index (χ1v) is 7.53. The molecule has 0 atom stereocenters. The van der Waals surface area contributed by atoms with Crippen LogP contribution in [0.1, 0.15) is 22.8 Å². The van der Waals surface area contributed by atoms with Crippen LogP contribution < -0.4 is 21.9 Å². The van der Waals surface area contributed by atoms with E-state index in [1.807, 2.05) is 12.1 Å². The maximum absolute atomic E-state index is 12.6. The van der Waals surface area contributed by atoms with Gasteiger partial charge in [-0.05, 0) is 24.1 Å². The third kappa shape index (κ3) is 3.72. The Kier molecular flexibility index (Phi) is 6.06. The van der Waals surface area contributed by atoms with Crippen molar-refractivity contribution in [2.45, 2.75) is 13.3 Å². The Morgan fingerprint density at radius 1 is 1.09 bits per heavy atom. The highest BCUT2D eigenvalue weighted by Crippen LogP contribution is 2.33. The molecule has 1 fully saturated rings. The van der Waals surface area contributed by atoms with Crippen LogP contribution in [0.25, 0.3) is 0 Å². The van der Waals surface area contributed by atoms with Crippen molar-refractivity contribution < 1.29 is 31.4 Å². The standard InChI is InChI=1S/C16H21NO4.ClH/c1-2-12-9-15-16(21-8-7-20-15)10-13(12)14(18)11-17-3-5-19-6-4-17;/h9-10H,2-8,11H2,1H3;1H/p-1. The van der Waals surface area contributed by atoms with E-state index >= 15 is 0 Å². The number of Topliss-reactive ketones (excluding diaryl/α,β-unsaturated/α-hetero) is 1. The van der Waals surface area contributed by atoms with Gasteiger partial charge in [0.25, 0.3) is 0 Å². The van der Waals surface area contributed by atoms with Crippen LogP contribution in [0.3, 0.4) is 0 Å². The van der Waals surface area contributed by atoms with E-state index in [4.69, 9.17) is 14.2 Å². The molecule has 0 N–H and O–H groups in total. The Morgan fingerprint density at radius 2 is 1.73 bits per heavy atom. The van der Waals surface area contributed by atoms with Crippen LogP contribution in [-0.4, -0.2) is 56.7 Å². The highest BCUT2D eigenvalue weighted by Gasteiger charge is 2.21. The number of carbonyl (C=O) groups is 1. The molecule has 0 aromatic heterocycles. The van der Waals surface area contributed by atoms with Crippen LogP contribution in [0.5, 0.6) is 11.5 Å². The number of ether oxygens (including phenoxy) is 3. The summed E-state index contributed by atoms with van der Waals surface area (Å²) in [7, 11) is 0. The fourth-order valence-electron chi connectivity index (χ4n) is 2.73. The third-order valence-electron chi connectivity index (χ3n) is 3.92. The molecular formula is C16H21ClNO4-. The minimum absolute atomic E-state index is 0. The molecule has 5 nitrogen and oxygen atoms in total. The van der Waals surface area contributed by atoms with E-state index < -0.39 is 0 Å². The Hall–Kier alpha value is -1.30. The molecule has 2 heterocycles. The van der Waals surface area contributed by atoms with Crippen LogP contribution >= 0.6 is 0 Å². The second kappa shape index (κ2) is 7.81. The average molecular weight is 327 g/mol. The van der Waals surface area contributed by atoms with Gasteiger partial charge in [0.05, 0.1) is 19.8 Å². The average Bonchev–Trinajstić information content (AvgIpc) is 2.54. The summed E-state index contributed by atoms with van der Waals surface area (Å²) in [5, 5.41) is 0. The normalized spacial score (nSPS) is 17.7. The number of nitrogens with zero attached hydrogens (tertiary/aromatic N) is 1. The molecule has 1 aromatic rings. The zero-order valence-electron chi connectivity index (χ0n) is 12.8. The number of morpholine rings is 1. The van der Waals surface area contributed by atoms with Crippen molar-refractivity contribution in [3.63, 3.8) is 0 Å². The van der Waals surface area contributed by atoms with Crippen molar-refractivity contribution in [1.29, 1.82) is 0 Å². The van der Waals surface area contributed by atoms with Crippen LogP contribution in [0.4, 0.5) is 0 Å². The van der Waals surface area contributed by atoms with E-state index in [0.717, 1.165) is 36.4 Å². The van der Waals surface area contributed by atoms with E-state index in [9.17, 15) is 4.79 Å². The van der Waals surface area contributed by atoms with E-state index in [1.54, 1.807) is 0 Å². The van der Waals surface area contributed by atoms with E-state index in [2.05, 4.69) is 11.8 Å². The molecule has 3 rings (SSSR count). The minimum Gasteiger partial charge on any atom is -1.00 e. The molecule has 0 unspecified atom stereocenters. The number of ketones is 1. The van der Waals surface area contributed by atoms with Gasteiger partial charge in [-0.2, -0.15) is 0 Å². The van der Waals surface area contributed by atoms with Crippen LogP contribution in [0.2, 0.25) is 0 Å². The zero-order chi connectivity index (χ0) is 14.7. The molecule has 122 valence electrons. The van der Waals surface area contributed by atoms with Crippen molar-refractivity contribution in [1.82, 2.24) is 4.90 Å². The first-order chi connectivity index (χ1) is 10.3. The lowest BCUT2D eigenvalue weighted by molar-refractivity contribution is -0.0000177. The molecule has 0 aliphatic carbocycles. The SMILES string of the molecule is CCc1cc2c(cc1C(=O)CN1CCOCC1)OCCO2.[Cl-]. The fourth-order valence-corrected chi connectivity index (χ4v) is 2.73. The summed E-state index contributed by atoms with van der Waals surface area (Å²) < 4.78 is 16.5. The van der Waals surface area contributed by atoms with Crippen molar-refractivity contribution in [2.24, 2.45) is 0 Å². The number of benzene rings is 1. The Morgan fingerprint density at radius 3 is 2.36 bits per heavy atom. The summed E-state index contributed by atoms with van der Waals surface area (Å²) in [5.41, 5.74) is 1.78. The van der Waals surface area contributed by atoms with Gasteiger partial charge in [0.2, 0.25) is 0 Å². The first-order valence-electron chi connectivity index (χ1n) is 7.53. The molecule has 2 aliphatic rings. The predicted molar refractivity (Wildman–Crippen MR) is 78.4 cm³/mol. The Labute approximate surface area is 136 Å². The molecule has 22 heavy (non-hydrogen) atoms. The number of rotatable bonds is 4. The summed E-state index contributed by atoms with van der Waals surface area (Å²) >= 11 is 0. The van der Waals surface area contributed by atoms with Crippen molar-refractivity contribution >= 4 is 5.78 Å².